The van der Waals surface area contributed by atoms with Gasteiger partial charge in [0.25, 0.3) is 0 Å². The van der Waals surface area contributed by atoms with Crippen molar-refractivity contribution in [2.75, 3.05) is 39.3 Å². The molecule has 0 radical (unpaired) electrons. The summed E-state index contributed by atoms with van der Waals surface area (Å²) in [4.78, 5) is 15.1. The van der Waals surface area contributed by atoms with Gasteiger partial charge in [0.2, 0.25) is 0 Å². The van der Waals surface area contributed by atoms with Gasteiger partial charge in [-0.1, -0.05) is 0 Å². The minimum atomic E-state index is -4.19. The van der Waals surface area contributed by atoms with Crippen LogP contribution in [0.5, 0.6) is 0 Å². The molecule has 9 heteroatoms. The highest BCUT2D eigenvalue weighted by atomic mass is 19.4. The Hall–Kier alpha value is -1.77. The topological polar surface area (TPSA) is 53.4 Å². The number of carbonyl (C=O) groups is 1. The number of aryl methyl sites for hydroxylation is 3. The maximum atomic E-state index is 12.5. The first kappa shape index (κ1) is 19.6. The highest BCUT2D eigenvalue weighted by Crippen LogP contribution is 2.17. The van der Waals surface area contributed by atoms with E-state index in [4.69, 9.17) is 0 Å². The monoisotopic (exact) mass is 361 g/mol. The Kier molecular flexibility index (Phi) is 6.69. The summed E-state index contributed by atoms with van der Waals surface area (Å²) < 4.78 is 39.3. The lowest BCUT2D eigenvalue weighted by molar-refractivity contribution is -0.145. The van der Waals surface area contributed by atoms with Gasteiger partial charge in [0, 0.05) is 45.0 Å². The Balaban J connectivity index is 1.69. The minimum absolute atomic E-state index is 0.206. The van der Waals surface area contributed by atoms with Crippen molar-refractivity contribution in [1.29, 1.82) is 0 Å². The van der Waals surface area contributed by atoms with Gasteiger partial charge in [-0.25, -0.2) is 4.79 Å². The molecule has 2 amide bonds. The minimum Gasteiger partial charge on any atom is -0.338 e. The van der Waals surface area contributed by atoms with E-state index < -0.39 is 12.7 Å². The Bertz CT molecular complexity index is 573. The molecule has 1 fully saturated rings. The predicted octanol–water partition coefficient (Wildman–Crippen LogP) is 2.17. The summed E-state index contributed by atoms with van der Waals surface area (Å²) in [7, 11) is 0. The van der Waals surface area contributed by atoms with Crippen LogP contribution in [0.25, 0.3) is 0 Å². The second-order valence-corrected chi connectivity index (χ2v) is 6.47. The van der Waals surface area contributed by atoms with E-state index in [0.29, 0.717) is 32.6 Å². The van der Waals surface area contributed by atoms with Crippen LogP contribution in [-0.4, -0.2) is 71.1 Å². The van der Waals surface area contributed by atoms with Gasteiger partial charge >= 0.3 is 12.2 Å². The fraction of sp³-hybridized carbons (Fsp3) is 0.750. The second-order valence-electron chi connectivity index (χ2n) is 6.47. The van der Waals surface area contributed by atoms with Crippen LogP contribution < -0.4 is 5.32 Å². The van der Waals surface area contributed by atoms with Crippen LogP contribution in [0.4, 0.5) is 18.0 Å². The maximum absolute atomic E-state index is 12.5. The molecule has 2 heterocycles. The highest BCUT2D eigenvalue weighted by molar-refractivity contribution is 5.74. The van der Waals surface area contributed by atoms with Crippen molar-refractivity contribution >= 4 is 6.03 Å². The zero-order chi connectivity index (χ0) is 18.4. The number of hydrogen-bond acceptors (Lipinski definition) is 3. The van der Waals surface area contributed by atoms with Crippen LogP contribution in [0.15, 0.2) is 6.07 Å². The third kappa shape index (κ3) is 6.56. The number of nitrogens with one attached hydrogen (secondary N) is 1. The molecular weight excluding hydrogens is 335 g/mol. The van der Waals surface area contributed by atoms with Crippen molar-refractivity contribution in [2.24, 2.45) is 0 Å². The first-order valence-corrected chi connectivity index (χ1v) is 8.57. The van der Waals surface area contributed by atoms with Gasteiger partial charge < -0.3 is 10.2 Å². The van der Waals surface area contributed by atoms with Crippen LogP contribution in [0.2, 0.25) is 0 Å². The van der Waals surface area contributed by atoms with Gasteiger partial charge in [-0.05, 0) is 32.8 Å². The van der Waals surface area contributed by atoms with E-state index >= 15 is 0 Å². The lowest BCUT2D eigenvalue weighted by Gasteiger charge is -2.23. The first-order chi connectivity index (χ1) is 11.7. The molecule has 1 aromatic rings. The number of nitrogens with zero attached hydrogens (tertiary/aromatic N) is 4. The predicted molar refractivity (Wildman–Crippen MR) is 88.4 cm³/mol. The Morgan fingerprint density at radius 3 is 2.64 bits per heavy atom. The van der Waals surface area contributed by atoms with Gasteiger partial charge in [-0.3, -0.25) is 9.58 Å². The fourth-order valence-corrected chi connectivity index (χ4v) is 3.02. The van der Waals surface area contributed by atoms with Crippen LogP contribution in [0.3, 0.4) is 0 Å². The van der Waals surface area contributed by atoms with Gasteiger partial charge in [0.1, 0.15) is 0 Å². The lowest BCUT2D eigenvalue weighted by Crippen LogP contribution is -2.43. The van der Waals surface area contributed by atoms with E-state index in [0.717, 1.165) is 24.4 Å². The third-order valence-corrected chi connectivity index (χ3v) is 4.20. The van der Waals surface area contributed by atoms with E-state index in [9.17, 15) is 18.0 Å². The van der Waals surface area contributed by atoms with Gasteiger partial charge in [0.05, 0.1) is 12.2 Å². The average Bonchev–Trinajstić information content (AvgIpc) is 2.70. The van der Waals surface area contributed by atoms with E-state index in [1.165, 1.54) is 4.90 Å². The number of urea groups is 1. The van der Waals surface area contributed by atoms with Crippen molar-refractivity contribution in [2.45, 2.75) is 39.4 Å². The molecule has 0 atom stereocenters. The standard InChI is InChI=1S/C16H26F3N5O/c1-13-11-14(2)24(21-13)8-3-5-20-15(25)23-7-4-6-22(9-10-23)12-16(17,18)19/h11H,3-10,12H2,1-2H3,(H,20,25). The molecule has 0 saturated carbocycles. The summed E-state index contributed by atoms with van der Waals surface area (Å²) >= 11 is 0. The molecule has 2 rings (SSSR count). The number of rotatable bonds is 5. The highest BCUT2D eigenvalue weighted by Gasteiger charge is 2.31. The van der Waals surface area contributed by atoms with Crippen molar-refractivity contribution in [3.8, 4) is 0 Å². The zero-order valence-corrected chi connectivity index (χ0v) is 14.8. The number of carbonyl (C=O) groups excluding carboxylic acids is 1. The number of alkyl halides is 3. The van der Waals surface area contributed by atoms with Gasteiger partial charge in [-0.15, -0.1) is 0 Å². The van der Waals surface area contributed by atoms with Crippen LogP contribution >= 0.6 is 0 Å². The molecule has 0 aliphatic carbocycles. The smallest absolute Gasteiger partial charge is 0.338 e. The summed E-state index contributed by atoms with van der Waals surface area (Å²) in [6.45, 7) is 5.66. The average molecular weight is 361 g/mol. The third-order valence-electron chi connectivity index (χ3n) is 4.20. The number of hydrogen-bond donors (Lipinski definition) is 1. The normalized spacial score (nSPS) is 16.8. The Labute approximate surface area is 146 Å². The molecule has 0 unspecified atom stereocenters. The van der Waals surface area contributed by atoms with Crippen molar-refractivity contribution in [1.82, 2.24) is 24.9 Å². The number of aromatic nitrogens is 2. The molecular formula is C16H26F3N5O. The first-order valence-electron chi connectivity index (χ1n) is 8.57. The SMILES string of the molecule is Cc1cc(C)n(CCCNC(=O)N2CCCN(CC(F)(F)F)CC2)n1. The zero-order valence-electron chi connectivity index (χ0n) is 14.8. The molecule has 1 aromatic heterocycles. The summed E-state index contributed by atoms with van der Waals surface area (Å²) in [6, 6.07) is 1.80. The Morgan fingerprint density at radius 2 is 2.00 bits per heavy atom. The van der Waals surface area contributed by atoms with Gasteiger partial charge in [0.15, 0.2) is 0 Å². The van der Waals surface area contributed by atoms with E-state index in [2.05, 4.69) is 10.4 Å². The van der Waals surface area contributed by atoms with E-state index in [-0.39, 0.29) is 12.6 Å². The maximum Gasteiger partial charge on any atom is 0.401 e. The molecule has 1 N–H and O–H groups in total. The van der Waals surface area contributed by atoms with Crippen molar-refractivity contribution < 1.29 is 18.0 Å². The quantitative estimate of drug-likeness (QED) is 0.818. The van der Waals surface area contributed by atoms with Crippen LogP contribution in [0, 0.1) is 13.8 Å². The van der Waals surface area contributed by atoms with E-state index in [1.54, 1.807) is 4.90 Å². The molecule has 25 heavy (non-hydrogen) atoms. The molecule has 1 saturated heterocycles. The molecule has 0 spiro atoms. The summed E-state index contributed by atoms with van der Waals surface area (Å²) in [5.74, 6) is 0. The molecule has 1 aliphatic heterocycles. The number of amides is 2. The fourth-order valence-electron chi connectivity index (χ4n) is 3.02. The van der Waals surface area contributed by atoms with Crippen LogP contribution in [-0.2, 0) is 6.54 Å². The molecule has 1 aliphatic rings. The van der Waals surface area contributed by atoms with Gasteiger partial charge in [-0.2, -0.15) is 18.3 Å². The van der Waals surface area contributed by atoms with Crippen molar-refractivity contribution in [3.63, 3.8) is 0 Å². The number of halogens is 3. The van der Waals surface area contributed by atoms with Crippen molar-refractivity contribution in [3.05, 3.63) is 17.5 Å². The Morgan fingerprint density at radius 1 is 1.24 bits per heavy atom. The summed E-state index contributed by atoms with van der Waals surface area (Å²) in [5.41, 5.74) is 2.05. The van der Waals surface area contributed by atoms with Crippen LogP contribution in [0.1, 0.15) is 24.2 Å². The molecule has 0 bridgehead atoms. The summed E-state index contributed by atoms with van der Waals surface area (Å²) in [5, 5.41) is 7.21. The molecule has 6 nitrogen and oxygen atoms in total. The largest absolute Gasteiger partial charge is 0.401 e. The lowest BCUT2D eigenvalue weighted by atomic mass is 10.3. The second kappa shape index (κ2) is 8.55. The molecule has 0 aromatic carbocycles. The van der Waals surface area contributed by atoms with E-state index in [1.807, 2.05) is 24.6 Å². The molecule has 142 valence electrons. The summed E-state index contributed by atoms with van der Waals surface area (Å²) in [6.07, 6.45) is -2.89.